The van der Waals surface area contributed by atoms with E-state index in [4.69, 9.17) is 17.7 Å². The normalized spacial score (nSPS) is 11.8. The second-order valence-corrected chi connectivity index (χ2v) is 17.8. The fourth-order valence-electron chi connectivity index (χ4n) is 4.63. The monoisotopic (exact) mass is 556 g/mol. The molecule has 0 radical (unpaired) electrons. The van der Waals surface area contributed by atoms with Gasteiger partial charge in [0.2, 0.25) is 0 Å². The van der Waals surface area contributed by atoms with Crippen molar-refractivity contribution >= 4 is 17.1 Å². The van der Waals surface area contributed by atoms with E-state index >= 15 is 0 Å². The quantitative estimate of drug-likeness (QED) is 0.145. The Labute approximate surface area is 236 Å². The molecule has 0 aliphatic rings. The minimum atomic E-state index is -2.76. The van der Waals surface area contributed by atoms with E-state index in [1.165, 1.54) is 0 Å². The Morgan fingerprint density at radius 3 is 0.846 bits per heavy atom. The molecule has 0 aliphatic heterocycles. The second kappa shape index (κ2) is 13.5. The van der Waals surface area contributed by atoms with Gasteiger partial charge in [0.15, 0.2) is 0 Å². The summed E-state index contributed by atoms with van der Waals surface area (Å²) in [4.78, 5) is 0. The predicted octanol–water partition coefficient (Wildman–Crippen LogP) is 9.40. The van der Waals surface area contributed by atoms with Crippen LogP contribution >= 0.6 is 0 Å². The van der Waals surface area contributed by atoms with E-state index in [1.54, 1.807) is 0 Å². The van der Waals surface area contributed by atoms with E-state index in [0.29, 0.717) is 0 Å². The summed E-state index contributed by atoms with van der Waals surface area (Å²) in [6.45, 7) is 8.86. The van der Waals surface area contributed by atoms with Crippen LogP contribution < -0.4 is 17.7 Å². The van der Waals surface area contributed by atoms with Crippen LogP contribution in [0.25, 0.3) is 0 Å². The van der Waals surface area contributed by atoms with Gasteiger partial charge in [0.25, 0.3) is 0 Å². The maximum atomic E-state index is 6.83. The van der Waals surface area contributed by atoms with E-state index < -0.39 is 17.1 Å². The lowest BCUT2D eigenvalue weighted by Crippen LogP contribution is -2.54. The van der Waals surface area contributed by atoms with Crippen molar-refractivity contribution in [2.24, 2.45) is 0 Å². The molecule has 0 N–H and O–H groups in total. The van der Waals surface area contributed by atoms with Gasteiger partial charge in [0.05, 0.1) is 0 Å². The molecule has 0 fully saturated rings. The Morgan fingerprint density at radius 2 is 0.641 bits per heavy atom. The van der Waals surface area contributed by atoms with Crippen molar-refractivity contribution in [3.05, 3.63) is 121 Å². The molecule has 204 valence electrons. The molecule has 4 nitrogen and oxygen atoms in total. The summed E-state index contributed by atoms with van der Waals surface area (Å²) < 4.78 is 27.3. The molecule has 0 spiro atoms. The van der Waals surface area contributed by atoms with Gasteiger partial charge in [-0.2, -0.15) is 0 Å². The molecule has 0 aromatic heterocycles. The van der Waals surface area contributed by atoms with Crippen molar-refractivity contribution in [1.82, 2.24) is 0 Å². The first-order chi connectivity index (χ1) is 18.9. The van der Waals surface area contributed by atoms with Crippen molar-refractivity contribution in [3.63, 3.8) is 0 Å². The third-order valence-electron chi connectivity index (χ3n) is 6.95. The summed E-state index contributed by atoms with van der Waals surface area (Å²) in [7, 11) is -5.52. The second-order valence-electron chi connectivity index (χ2n) is 10.4. The van der Waals surface area contributed by atoms with Gasteiger partial charge >= 0.3 is 17.1 Å². The van der Waals surface area contributed by atoms with Crippen molar-refractivity contribution in [1.29, 1.82) is 0 Å². The van der Waals surface area contributed by atoms with E-state index in [-0.39, 0.29) is 11.1 Å². The fourth-order valence-corrected chi connectivity index (χ4v) is 11.0. The summed E-state index contributed by atoms with van der Waals surface area (Å²) >= 11 is 0. The molecule has 0 amide bonds. The molecule has 4 aromatic carbocycles. The minimum Gasteiger partial charge on any atom is -0.512 e. The van der Waals surface area contributed by atoms with E-state index in [0.717, 1.165) is 41.5 Å². The van der Waals surface area contributed by atoms with Gasteiger partial charge in [-0.15, -0.1) is 0 Å². The molecule has 4 aromatic rings. The molecule has 0 heterocycles. The lowest BCUT2D eigenvalue weighted by atomic mass is 10.3. The average Bonchev–Trinajstić information content (AvgIpc) is 2.95. The third kappa shape index (κ3) is 7.77. The molecular weight excluding hydrogens is 517 g/mol. The number of rotatable bonds is 14. The van der Waals surface area contributed by atoms with E-state index in [1.807, 2.05) is 121 Å². The Hall–Kier alpha value is -3.49. The van der Waals surface area contributed by atoms with Gasteiger partial charge in [-0.1, -0.05) is 100 Å². The molecule has 6 heteroatoms. The Balaban J connectivity index is 1.63. The van der Waals surface area contributed by atoms with Crippen LogP contribution in [0.1, 0.15) is 34.1 Å². The summed E-state index contributed by atoms with van der Waals surface area (Å²) in [5.41, 5.74) is 0.441. The Bertz CT molecular complexity index is 1050. The zero-order valence-corrected chi connectivity index (χ0v) is 25.5. The zero-order chi connectivity index (χ0) is 27.6. The van der Waals surface area contributed by atoms with Gasteiger partial charge < -0.3 is 17.7 Å². The number of hydrogen-bond donors (Lipinski definition) is 0. The highest BCUT2D eigenvalue weighted by atomic mass is 28.4. The van der Waals surface area contributed by atoms with Crippen molar-refractivity contribution in [3.8, 4) is 23.0 Å². The fraction of sp³-hybridized carbons (Fsp3) is 0.273. The third-order valence-corrected chi connectivity index (χ3v) is 14.9. The summed E-state index contributed by atoms with van der Waals surface area (Å²) in [5, 5.41) is 0. The molecule has 0 saturated carbocycles. The Kier molecular flexibility index (Phi) is 9.90. The Morgan fingerprint density at radius 1 is 0.410 bits per heavy atom. The van der Waals surface area contributed by atoms with Crippen LogP contribution in [-0.2, 0) is 0 Å². The maximum absolute atomic E-state index is 6.83. The average molecular weight is 557 g/mol. The van der Waals surface area contributed by atoms with Crippen molar-refractivity contribution < 1.29 is 17.7 Å². The topological polar surface area (TPSA) is 36.9 Å². The number of hydrogen-bond acceptors (Lipinski definition) is 4. The minimum absolute atomic E-state index is 0.220. The van der Waals surface area contributed by atoms with Crippen molar-refractivity contribution in [2.75, 3.05) is 0 Å². The first kappa shape index (κ1) is 28.5. The van der Waals surface area contributed by atoms with Crippen LogP contribution in [0.2, 0.25) is 23.2 Å². The molecular formula is C33H40O4Si2. The van der Waals surface area contributed by atoms with E-state index in [9.17, 15) is 0 Å². The van der Waals surface area contributed by atoms with Crippen LogP contribution in [0.4, 0.5) is 0 Å². The van der Waals surface area contributed by atoms with Gasteiger partial charge in [-0.25, -0.2) is 0 Å². The maximum Gasteiger partial charge on any atom is 0.463 e. The first-order valence-corrected chi connectivity index (χ1v) is 18.1. The molecule has 39 heavy (non-hydrogen) atoms. The lowest BCUT2D eigenvalue weighted by molar-refractivity contribution is 0.351. The van der Waals surface area contributed by atoms with Crippen LogP contribution in [0.15, 0.2) is 121 Å². The number of benzene rings is 4. The lowest BCUT2D eigenvalue weighted by Gasteiger charge is -2.37. The molecule has 0 atom stereocenters. The van der Waals surface area contributed by atoms with Gasteiger partial charge in [-0.05, 0) is 55.0 Å². The summed E-state index contributed by atoms with van der Waals surface area (Å²) in [5.74, 6) is 3.40. The highest BCUT2D eigenvalue weighted by Crippen LogP contribution is 2.37. The SMILES string of the molecule is CC(C)[Si](CCC[Si](Oc1ccccc1)(Oc1ccccc1)C(C)C)(Oc1ccccc1)Oc1ccccc1. The van der Waals surface area contributed by atoms with Crippen LogP contribution in [0.5, 0.6) is 23.0 Å². The van der Waals surface area contributed by atoms with E-state index in [2.05, 4.69) is 27.7 Å². The summed E-state index contributed by atoms with van der Waals surface area (Å²) in [6, 6.07) is 41.9. The van der Waals surface area contributed by atoms with Gasteiger partial charge in [0, 0.05) is 23.2 Å². The largest absolute Gasteiger partial charge is 0.512 e. The molecule has 4 rings (SSSR count). The smallest absolute Gasteiger partial charge is 0.463 e. The molecule has 0 saturated heterocycles. The highest BCUT2D eigenvalue weighted by molar-refractivity contribution is 6.72. The van der Waals surface area contributed by atoms with Gasteiger partial charge in [0.1, 0.15) is 23.0 Å². The van der Waals surface area contributed by atoms with Crippen LogP contribution in [-0.4, -0.2) is 17.1 Å². The van der Waals surface area contributed by atoms with Crippen LogP contribution in [0, 0.1) is 0 Å². The van der Waals surface area contributed by atoms with Gasteiger partial charge in [-0.3, -0.25) is 0 Å². The predicted molar refractivity (Wildman–Crippen MR) is 164 cm³/mol. The van der Waals surface area contributed by atoms with Crippen molar-refractivity contribution in [2.45, 2.75) is 57.3 Å². The first-order valence-electron chi connectivity index (χ1n) is 13.9. The van der Waals surface area contributed by atoms with Crippen LogP contribution in [0.3, 0.4) is 0 Å². The molecule has 0 unspecified atom stereocenters. The molecule has 0 bridgehead atoms. The number of para-hydroxylation sites is 4. The highest BCUT2D eigenvalue weighted by Gasteiger charge is 2.50. The zero-order valence-electron chi connectivity index (χ0n) is 23.5. The summed E-state index contributed by atoms with van der Waals surface area (Å²) in [6.07, 6.45) is 0.869. The standard InChI is InChI=1S/C33H40O4Si2/c1-28(2)38(34-30-18-9-5-10-19-30,35-31-20-11-6-12-21-31)26-17-27-39(29(3)4,36-32-22-13-7-14-23-32)37-33-24-15-8-16-25-33/h5-16,18-25,28-29H,17,26-27H2,1-4H3. The molecule has 0 aliphatic carbocycles.